The van der Waals surface area contributed by atoms with E-state index in [1.54, 1.807) is 19.2 Å². The fraction of sp³-hybridized carbons (Fsp3) is 0.0952. The number of nitro benzene ring substituents is 1. The number of rotatable bonds is 6. The number of methoxy groups -OCH3 is 1. The van der Waals surface area contributed by atoms with Crippen molar-refractivity contribution in [1.29, 1.82) is 0 Å². The average molecular weight is 393 g/mol. The van der Waals surface area contributed by atoms with Crippen LogP contribution in [0.5, 0.6) is 5.75 Å². The van der Waals surface area contributed by atoms with E-state index in [1.165, 1.54) is 12.1 Å². The monoisotopic (exact) mass is 393 g/mol. The zero-order chi connectivity index (χ0) is 19.9. The number of hydrogen-bond acceptors (Lipinski definition) is 4. The van der Waals surface area contributed by atoms with E-state index < -0.39 is 4.92 Å². The maximum Gasteiger partial charge on any atom is 0.269 e. The molecular weight excluding hydrogens is 374 g/mol. The molecule has 3 aromatic rings. The lowest BCUT2D eigenvalue weighted by molar-refractivity contribution is -0.384. The van der Waals surface area contributed by atoms with Crippen LogP contribution in [-0.4, -0.2) is 17.1 Å². The molecule has 28 heavy (non-hydrogen) atoms. The van der Waals surface area contributed by atoms with E-state index in [4.69, 9.17) is 17.0 Å². The van der Waals surface area contributed by atoms with Gasteiger partial charge in [-0.25, -0.2) is 0 Å². The summed E-state index contributed by atoms with van der Waals surface area (Å²) in [5.41, 5.74) is 2.79. The Morgan fingerprint density at radius 1 is 0.964 bits per heavy atom. The molecule has 6 nitrogen and oxygen atoms in total. The molecule has 0 saturated carbocycles. The number of benzene rings is 3. The summed E-state index contributed by atoms with van der Waals surface area (Å²) in [4.78, 5) is 10.3. The summed E-state index contributed by atoms with van der Waals surface area (Å²) in [5, 5.41) is 17.6. The highest BCUT2D eigenvalue weighted by atomic mass is 32.1. The molecule has 0 aliphatic heterocycles. The summed E-state index contributed by atoms with van der Waals surface area (Å²) in [5.74, 6) is 0.780. The topological polar surface area (TPSA) is 76.4 Å². The molecular formula is C21H19N3O3S. The van der Waals surface area contributed by atoms with Gasteiger partial charge in [-0.1, -0.05) is 42.5 Å². The number of thiocarbonyl (C=S) groups is 1. The molecule has 0 saturated heterocycles. The summed E-state index contributed by atoms with van der Waals surface area (Å²) in [6.07, 6.45) is 0. The standard InChI is InChI=1S/C21H19N3O3S/c1-27-19-13-7-16(8-14-19)20(15-5-3-2-4-6-15)23-21(28)22-17-9-11-18(12-10-17)24(25)26/h2-14,20H,1H3,(H2,22,23,28)/t20-/m0/s1. The van der Waals surface area contributed by atoms with Gasteiger partial charge in [0.15, 0.2) is 5.11 Å². The number of nitrogens with zero attached hydrogens (tertiary/aromatic N) is 1. The minimum Gasteiger partial charge on any atom is -0.497 e. The molecule has 0 aliphatic carbocycles. The molecule has 0 heterocycles. The third-order valence-corrected chi connectivity index (χ3v) is 4.41. The molecule has 2 N–H and O–H groups in total. The first-order valence-electron chi connectivity index (χ1n) is 8.57. The van der Waals surface area contributed by atoms with E-state index in [9.17, 15) is 10.1 Å². The second-order valence-electron chi connectivity index (χ2n) is 6.02. The predicted octanol–water partition coefficient (Wildman–Crippen LogP) is 4.68. The van der Waals surface area contributed by atoms with Gasteiger partial charge in [0, 0.05) is 17.8 Å². The van der Waals surface area contributed by atoms with Crippen LogP contribution in [-0.2, 0) is 0 Å². The fourth-order valence-electron chi connectivity index (χ4n) is 2.77. The Morgan fingerprint density at radius 3 is 2.14 bits per heavy atom. The zero-order valence-electron chi connectivity index (χ0n) is 15.2. The van der Waals surface area contributed by atoms with Crippen molar-refractivity contribution in [1.82, 2.24) is 5.32 Å². The summed E-state index contributed by atoms with van der Waals surface area (Å²) >= 11 is 5.46. The Morgan fingerprint density at radius 2 is 1.57 bits per heavy atom. The van der Waals surface area contributed by atoms with E-state index >= 15 is 0 Å². The number of nitro groups is 1. The van der Waals surface area contributed by atoms with E-state index in [2.05, 4.69) is 10.6 Å². The van der Waals surface area contributed by atoms with Crippen molar-refractivity contribution in [2.24, 2.45) is 0 Å². The highest BCUT2D eigenvalue weighted by Crippen LogP contribution is 2.24. The van der Waals surface area contributed by atoms with Crippen molar-refractivity contribution < 1.29 is 9.66 Å². The van der Waals surface area contributed by atoms with E-state index in [0.717, 1.165) is 16.9 Å². The predicted molar refractivity (Wildman–Crippen MR) is 114 cm³/mol. The van der Waals surface area contributed by atoms with Crippen molar-refractivity contribution in [2.45, 2.75) is 6.04 Å². The van der Waals surface area contributed by atoms with Crippen molar-refractivity contribution >= 4 is 28.7 Å². The molecule has 0 fully saturated rings. The third kappa shape index (κ3) is 4.83. The Balaban J connectivity index is 1.78. The minimum absolute atomic E-state index is 0.0322. The Bertz CT molecular complexity index is 945. The quantitative estimate of drug-likeness (QED) is 0.360. The van der Waals surface area contributed by atoms with Crippen molar-refractivity contribution in [3.8, 4) is 5.75 Å². The molecule has 0 aliphatic rings. The van der Waals surface area contributed by atoms with Crippen LogP contribution in [0, 0.1) is 10.1 Å². The number of ether oxygens (including phenoxy) is 1. The maximum absolute atomic E-state index is 10.8. The van der Waals surface area contributed by atoms with E-state index in [1.807, 2.05) is 54.6 Å². The van der Waals surface area contributed by atoms with Crippen LogP contribution in [0.2, 0.25) is 0 Å². The lowest BCUT2D eigenvalue weighted by Crippen LogP contribution is -2.33. The van der Waals surface area contributed by atoms with E-state index in [-0.39, 0.29) is 11.7 Å². The fourth-order valence-corrected chi connectivity index (χ4v) is 3.00. The van der Waals surface area contributed by atoms with Gasteiger partial charge in [0.05, 0.1) is 18.1 Å². The highest BCUT2D eigenvalue weighted by Gasteiger charge is 2.15. The van der Waals surface area contributed by atoms with Crippen molar-refractivity contribution in [3.05, 3.63) is 100 Å². The first-order valence-corrected chi connectivity index (χ1v) is 8.98. The summed E-state index contributed by atoms with van der Waals surface area (Å²) in [7, 11) is 1.63. The van der Waals surface area contributed by atoms with Gasteiger partial charge in [-0.3, -0.25) is 10.1 Å². The van der Waals surface area contributed by atoms with Gasteiger partial charge < -0.3 is 15.4 Å². The van der Waals surface area contributed by atoms with Crippen LogP contribution in [0.25, 0.3) is 0 Å². The second kappa shape index (κ2) is 8.96. The van der Waals surface area contributed by atoms with Gasteiger partial charge in [0.1, 0.15) is 5.75 Å². The van der Waals surface area contributed by atoms with Gasteiger partial charge in [0.25, 0.3) is 5.69 Å². The van der Waals surface area contributed by atoms with Crippen LogP contribution in [0.3, 0.4) is 0 Å². The smallest absolute Gasteiger partial charge is 0.269 e. The molecule has 1 atom stereocenters. The molecule has 3 rings (SSSR count). The molecule has 0 aromatic heterocycles. The van der Waals surface area contributed by atoms with Crippen LogP contribution < -0.4 is 15.4 Å². The Kier molecular flexibility index (Phi) is 6.18. The first kappa shape index (κ1) is 19.3. The molecule has 3 aromatic carbocycles. The molecule has 0 spiro atoms. The maximum atomic E-state index is 10.8. The van der Waals surface area contributed by atoms with Crippen LogP contribution >= 0.6 is 12.2 Å². The molecule has 0 amide bonds. The highest BCUT2D eigenvalue weighted by molar-refractivity contribution is 7.80. The molecule has 7 heteroatoms. The van der Waals surface area contributed by atoms with Gasteiger partial charge in [0.2, 0.25) is 0 Å². The Labute approximate surface area is 168 Å². The van der Waals surface area contributed by atoms with Gasteiger partial charge in [-0.05, 0) is 47.6 Å². The lowest BCUT2D eigenvalue weighted by atomic mass is 9.99. The minimum atomic E-state index is -0.435. The van der Waals surface area contributed by atoms with Crippen molar-refractivity contribution in [2.75, 3.05) is 12.4 Å². The van der Waals surface area contributed by atoms with Gasteiger partial charge in [-0.2, -0.15) is 0 Å². The lowest BCUT2D eigenvalue weighted by Gasteiger charge is -2.22. The summed E-state index contributed by atoms with van der Waals surface area (Å²) < 4.78 is 5.23. The second-order valence-corrected chi connectivity index (χ2v) is 6.43. The van der Waals surface area contributed by atoms with Gasteiger partial charge >= 0.3 is 0 Å². The Hall–Kier alpha value is -3.45. The first-order chi connectivity index (χ1) is 13.6. The summed E-state index contributed by atoms with van der Waals surface area (Å²) in [6.45, 7) is 0. The number of anilines is 1. The van der Waals surface area contributed by atoms with Crippen LogP contribution in [0.4, 0.5) is 11.4 Å². The molecule has 142 valence electrons. The molecule has 0 radical (unpaired) electrons. The van der Waals surface area contributed by atoms with Crippen LogP contribution in [0.15, 0.2) is 78.9 Å². The van der Waals surface area contributed by atoms with Crippen LogP contribution in [0.1, 0.15) is 17.2 Å². The van der Waals surface area contributed by atoms with Crippen molar-refractivity contribution in [3.63, 3.8) is 0 Å². The molecule has 0 unspecified atom stereocenters. The summed E-state index contributed by atoms with van der Waals surface area (Å²) in [6, 6.07) is 23.7. The normalized spacial score (nSPS) is 11.3. The SMILES string of the molecule is COc1ccc([C@@H](NC(=S)Nc2ccc([N+](=O)[O-])cc2)c2ccccc2)cc1. The third-order valence-electron chi connectivity index (χ3n) is 4.19. The van der Waals surface area contributed by atoms with E-state index in [0.29, 0.717) is 10.8 Å². The van der Waals surface area contributed by atoms with Gasteiger partial charge in [-0.15, -0.1) is 0 Å². The zero-order valence-corrected chi connectivity index (χ0v) is 16.0. The molecule has 0 bridgehead atoms. The number of non-ortho nitro benzene ring substituents is 1. The average Bonchev–Trinajstić information content (AvgIpc) is 2.73. The number of hydrogen-bond donors (Lipinski definition) is 2. The largest absolute Gasteiger partial charge is 0.497 e. The number of nitrogens with one attached hydrogen (secondary N) is 2.